The molecule has 1 rings (SSSR count). The molecule has 0 bridgehead atoms. The maximum absolute atomic E-state index is 10.1. The predicted molar refractivity (Wildman–Crippen MR) is 56.8 cm³/mol. The average Bonchev–Trinajstić information content (AvgIpc) is 2.15. The minimum absolute atomic E-state index is 0.472. The van der Waals surface area contributed by atoms with Gasteiger partial charge in [-0.3, -0.25) is 10.1 Å². The summed E-state index contributed by atoms with van der Waals surface area (Å²) in [6, 6.07) is 7.52. The highest BCUT2D eigenvalue weighted by Crippen LogP contribution is 2.12. The lowest BCUT2D eigenvalue weighted by Gasteiger charge is -2.11. The number of hydrogen-bond acceptors (Lipinski definition) is 3. The fraction of sp³-hybridized carbons (Fsp3) is 0.200. The smallest absolute Gasteiger partial charge is 0.235 e. The summed E-state index contributed by atoms with van der Waals surface area (Å²) in [6.45, 7) is 0. The molecule has 4 nitrogen and oxygen atoms in total. The Labute approximate surface area is 82.6 Å². The SMILES string of the molecule is CN(C)c1ccc(/C=C\[N+](=O)[O-])cc1. The second-order valence-corrected chi connectivity index (χ2v) is 3.09. The lowest BCUT2D eigenvalue weighted by molar-refractivity contribution is -0.400. The molecular weight excluding hydrogens is 180 g/mol. The molecule has 0 radical (unpaired) electrons. The van der Waals surface area contributed by atoms with Crippen LogP contribution in [0.25, 0.3) is 6.08 Å². The highest BCUT2D eigenvalue weighted by molar-refractivity contribution is 5.54. The van der Waals surface area contributed by atoms with Crippen molar-refractivity contribution in [2.75, 3.05) is 19.0 Å². The number of hydrogen-bond donors (Lipinski definition) is 0. The molecular formula is C10H12N2O2. The van der Waals surface area contributed by atoms with Crippen LogP contribution in [0.5, 0.6) is 0 Å². The van der Waals surface area contributed by atoms with Crippen LogP contribution in [0.3, 0.4) is 0 Å². The summed E-state index contributed by atoms with van der Waals surface area (Å²) in [5, 5.41) is 10.1. The van der Waals surface area contributed by atoms with Crippen LogP contribution < -0.4 is 4.90 Å². The minimum atomic E-state index is -0.472. The Hall–Kier alpha value is -1.84. The van der Waals surface area contributed by atoms with Crippen LogP contribution in [-0.4, -0.2) is 19.0 Å². The van der Waals surface area contributed by atoms with Gasteiger partial charge >= 0.3 is 0 Å². The number of nitrogens with zero attached hydrogens (tertiary/aromatic N) is 2. The summed E-state index contributed by atoms with van der Waals surface area (Å²) in [5.74, 6) is 0. The van der Waals surface area contributed by atoms with Gasteiger partial charge in [0.1, 0.15) is 0 Å². The zero-order chi connectivity index (χ0) is 10.6. The molecule has 1 aromatic carbocycles. The summed E-state index contributed by atoms with van der Waals surface area (Å²) >= 11 is 0. The topological polar surface area (TPSA) is 46.4 Å². The Bertz CT molecular complexity index is 342. The molecule has 0 saturated carbocycles. The number of nitro groups is 1. The molecule has 74 valence electrons. The molecule has 4 heteroatoms. The molecule has 0 atom stereocenters. The Balaban J connectivity index is 2.78. The first-order valence-electron chi connectivity index (χ1n) is 4.18. The largest absolute Gasteiger partial charge is 0.378 e. The van der Waals surface area contributed by atoms with Gasteiger partial charge in [-0.1, -0.05) is 12.1 Å². The van der Waals surface area contributed by atoms with Crippen LogP contribution in [0, 0.1) is 10.1 Å². The van der Waals surface area contributed by atoms with Crippen LogP contribution in [-0.2, 0) is 0 Å². The van der Waals surface area contributed by atoms with E-state index in [2.05, 4.69) is 0 Å². The van der Waals surface area contributed by atoms with E-state index >= 15 is 0 Å². The highest BCUT2D eigenvalue weighted by Gasteiger charge is 1.94. The fourth-order valence-corrected chi connectivity index (χ4v) is 1.03. The zero-order valence-electron chi connectivity index (χ0n) is 8.18. The standard InChI is InChI=1S/C10H12N2O2/c1-11(2)10-5-3-9(4-6-10)7-8-12(13)14/h3-8H,1-2H3/b8-7-. The van der Waals surface area contributed by atoms with E-state index in [0.29, 0.717) is 0 Å². The molecule has 0 amide bonds. The van der Waals surface area contributed by atoms with Gasteiger partial charge in [0.15, 0.2) is 0 Å². The quantitative estimate of drug-likeness (QED) is 0.543. The molecule has 0 aliphatic carbocycles. The van der Waals surface area contributed by atoms with E-state index in [1.165, 1.54) is 6.08 Å². The molecule has 0 aliphatic heterocycles. The van der Waals surface area contributed by atoms with Crippen molar-refractivity contribution in [1.29, 1.82) is 0 Å². The summed E-state index contributed by atoms with van der Waals surface area (Å²) in [6.07, 6.45) is 2.41. The van der Waals surface area contributed by atoms with Crippen LogP contribution in [0.15, 0.2) is 30.5 Å². The first kappa shape index (κ1) is 10.2. The van der Waals surface area contributed by atoms with Crippen molar-refractivity contribution in [3.63, 3.8) is 0 Å². The van der Waals surface area contributed by atoms with Crippen LogP contribution in [0.4, 0.5) is 5.69 Å². The third kappa shape index (κ3) is 2.90. The molecule has 0 aromatic heterocycles. The predicted octanol–water partition coefficient (Wildman–Crippen LogP) is 2.00. The Morgan fingerprint density at radius 1 is 1.29 bits per heavy atom. The zero-order valence-corrected chi connectivity index (χ0v) is 8.18. The van der Waals surface area contributed by atoms with Gasteiger partial charge in [0.2, 0.25) is 6.20 Å². The molecule has 14 heavy (non-hydrogen) atoms. The molecule has 0 aliphatic rings. The van der Waals surface area contributed by atoms with E-state index in [9.17, 15) is 10.1 Å². The molecule has 0 saturated heterocycles. The van der Waals surface area contributed by atoms with Gasteiger partial charge < -0.3 is 4.90 Å². The first-order valence-corrected chi connectivity index (χ1v) is 4.18. The number of anilines is 1. The van der Waals surface area contributed by atoms with Crippen LogP contribution >= 0.6 is 0 Å². The van der Waals surface area contributed by atoms with E-state index in [1.807, 2.05) is 43.3 Å². The lowest BCUT2D eigenvalue weighted by atomic mass is 10.2. The van der Waals surface area contributed by atoms with Crippen molar-refractivity contribution in [2.24, 2.45) is 0 Å². The Kier molecular flexibility index (Phi) is 3.23. The summed E-state index contributed by atoms with van der Waals surface area (Å²) in [5.41, 5.74) is 1.90. The van der Waals surface area contributed by atoms with Gasteiger partial charge in [-0.15, -0.1) is 0 Å². The normalized spacial score (nSPS) is 10.4. The van der Waals surface area contributed by atoms with Gasteiger partial charge in [-0.05, 0) is 17.7 Å². The van der Waals surface area contributed by atoms with Crippen LogP contribution in [0.2, 0.25) is 0 Å². The molecule has 0 spiro atoms. The van der Waals surface area contributed by atoms with Crippen molar-refractivity contribution in [3.8, 4) is 0 Å². The van der Waals surface area contributed by atoms with Crippen molar-refractivity contribution >= 4 is 11.8 Å². The van der Waals surface area contributed by atoms with E-state index in [1.54, 1.807) is 0 Å². The minimum Gasteiger partial charge on any atom is -0.378 e. The maximum Gasteiger partial charge on any atom is 0.235 e. The molecule has 0 N–H and O–H groups in total. The average molecular weight is 192 g/mol. The monoisotopic (exact) mass is 192 g/mol. The van der Waals surface area contributed by atoms with Gasteiger partial charge in [0.05, 0.1) is 4.92 Å². The van der Waals surface area contributed by atoms with E-state index < -0.39 is 4.92 Å². The van der Waals surface area contributed by atoms with Gasteiger partial charge in [-0.2, -0.15) is 0 Å². The summed E-state index contributed by atoms with van der Waals surface area (Å²) in [4.78, 5) is 11.6. The van der Waals surface area contributed by atoms with Gasteiger partial charge in [-0.25, -0.2) is 0 Å². The van der Waals surface area contributed by atoms with Gasteiger partial charge in [0.25, 0.3) is 0 Å². The first-order chi connectivity index (χ1) is 6.59. The number of benzene rings is 1. The fourth-order valence-electron chi connectivity index (χ4n) is 1.03. The van der Waals surface area contributed by atoms with Gasteiger partial charge in [0, 0.05) is 25.9 Å². The lowest BCUT2D eigenvalue weighted by Crippen LogP contribution is -2.07. The Morgan fingerprint density at radius 2 is 1.86 bits per heavy atom. The molecule has 0 fully saturated rings. The molecule has 1 aromatic rings. The van der Waals surface area contributed by atoms with E-state index in [4.69, 9.17) is 0 Å². The third-order valence-electron chi connectivity index (χ3n) is 1.80. The molecule has 0 unspecified atom stereocenters. The second kappa shape index (κ2) is 4.41. The highest BCUT2D eigenvalue weighted by atomic mass is 16.6. The summed E-state index contributed by atoms with van der Waals surface area (Å²) < 4.78 is 0. The summed E-state index contributed by atoms with van der Waals surface area (Å²) in [7, 11) is 3.89. The Morgan fingerprint density at radius 3 is 2.29 bits per heavy atom. The van der Waals surface area contributed by atoms with E-state index in [0.717, 1.165) is 17.5 Å². The maximum atomic E-state index is 10.1. The van der Waals surface area contributed by atoms with Crippen molar-refractivity contribution in [2.45, 2.75) is 0 Å². The molecule has 0 heterocycles. The van der Waals surface area contributed by atoms with Crippen molar-refractivity contribution in [3.05, 3.63) is 46.1 Å². The number of rotatable bonds is 3. The van der Waals surface area contributed by atoms with Crippen LogP contribution in [0.1, 0.15) is 5.56 Å². The van der Waals surface area contributed by atoms with E-state index in [-0.39, 0.29) is 0 Å². The van der Waals surface area contributed by atoms with Crippen molar-refractivity contribution in [1.82, 2.24) is 0 Å². The third-order valence-corrected chi connectivity index (χ3v) is 1.80. The van der Waals surface area contributed by atoms with Crippen molar-refractivity contribution < 1.29 is 4.92 Å². The second-order valence-electron chi connectivity index (χ2n) is 3.09.